The van der Waals surface area contributed by atoms with E-state index in [4.69, 9.17) is 14.8 Å². The SMILES string of the molecule is CCCCCCCCCCCC/C=C/[C@@H](O)[C@H](COP(=O)(O)OCCN)NC(=O)CCCCCCCCCCCC. The van der Waals surface area contributed by atoms with Crippen LogP contribution in [0.3, 0.4) is 0 Å². The molecule has 41 heavy (non-hydrogen) atoms. The molecule has 244 valence electrons. The number of amides is 1. The van der Waals surface area contributed by atoms with Gasteiger partial charge in [0.05, 0.1) is 25.4 Å². The highest BCUT2D eigenvalue weighted by Gasteiger charge is 2.26. The van der Waals surface area contributed by atoms with Gasteiger partial charge >= 0.3 is 7.82 Å². The van der Waals surface area contributed by atoms with Gasteiger partial charge in [-0.05, 0) is 19.3 Å². The van der Waals surface area contributed by atoms with Gasteiger partial charge in [0.25, 0.3) is 0 Å². The van der Waals surface area contributed by atoms with Crippen LogP contribution in [0.15, 0.2) is 12.2 Å². The van der Waals surface area contributed by atoms with Crippen LogP contribution >= 0.6 is 7.82 Å². The van der Waals surface area contributed by atoms with Crippen molar-refractivity contribution < 1.29 is 28.4 Å². The Balaban J connectivity index is 4.41. The highest BCUT2D eigenvalue weighted by atomic mass is 31.2. The molecule has 0 spiro atoms. The van der Waals surface area contributed by atoms with Crippen LogP contribution in [0.2, 0.25) is 0 Å². The van der Waals surface area contributed by atoms with E-state index in [1.807, 2.05) is 6.08 Å². The van der Waals surface area contributed by atoms with Crippen molar-refractivity contribution in [1.29, 1.82) is 0 Å². The Morgan fingerprint density at radius 2 is 1.24 bits per heavy atom. The molecule has 0 radical (unpaired) electrons. The first-order valence-electron chi connectivity index (χ1n) is 16.8. The third kappa shape index (κ3) is 27.8. The molecule has 5 N–H and O–H groups in total. The van der Waals surface area contributed by atoms with Crippen molar-refractivity contribution in [3.8, 4) is 0 Å². The Morgan fingerprint density at radius 1 is 0.780 bits per heavy atom. The molecular formula is C32H65N2O6P. The Morgan fingerprint density at radius 3 is 1.73 bits per heavy atom. The van der Waals surface area contributed by atoms with E-state index in [0.717, 1.165) is 38.5 Å². The fourth-order valence-corrected chi connectivity index (χ4v) is 5.54. The summed E-state index contributed by atoms with van der Waals surface area (Å²) in [4.78, 5) is 22.4. The number of hydrogen-bond donors (Lipinski definition) is 4. The average Bonchev–Trinajstić information content (AvgIpc) is 2.95. The molecule has 8 nitrogen and oxygen atoms in total. The molecular weight excluding hydrogens is 539 g/mol. The molecule has 0 aliphatic rings. The fraction of sp³-hybridized carbons (Fsp3) is 0.906. The summed E-state index contributed by atoms with van der Waals surface area (Å²) < 4.78 is 21.9. The number of unbranched alkanes of at least 4 members (excludes halogenated alkanes) is 19. The summed E-state index contributed by atoms with van der Waals surface area (Å²) in [6, 6.07) is -0.850. The quantitative estimate of drug-likeness (QED) is 0.0357. The number of allylic oxidation sites excluding steroid dienone is 1. The normalized spacial score (nSPS) is 14.8. The molecule has 0 aromatic carbocycles. The maximum Gasteiger partial charge on any atom is 0.472 e. The highest BCUT2D eigenvalue weighted by molar-refractivity contribution is 7.47. The molecule has 0 bridgehead atoms. The number of carbonyl (C=O) groups excluding carboxylic acids is 1. The van der Waals surface area contributed by atoms with Gasteiger partial charge in [0.2, 0.25) is 5.91 Å². The highest BCUT2D eigenvalue weighted by Crippen LogP contribution is 2.43. The van der Waals surface area contributed by atoms with Crippen molar-refractivity contribution in [2.45, 2.75) is 167 Å². The maximum atomic E-state index is 12.6. The van der Waals surface area contributed by atoms with Gasteiger partial charge in [-0.2, -0.15) is 0 Å². The molecule has 1 unspecified atom stereocenters. The van der Waals surface area contributed by atoms with Gasteiger partial charge in [0.15, 0.2) is 0 Å². The number of rotatable bonds is 31. The van der Waals surface area contributed by atoms with Crippen molar-refractivity contribution in [2.24, 2.45) is 5.73 Å². The predicted molar refractivity (Wildman–Crippen MR) is 171 cm³/mol. The lowest BCUT2D eigenvalue weighted by atomic mass is 10.0. The first-order chi connectivity index (χ1) is 19.9. The second-order valence-corrected chi connectivity index (χ2v) is 12.8. The molecule has 0 fully saturated rings. The van der Waals surface area contributed by atoms with E-state index < -0.39 is 20.0 Å². The Labute approximate surface area is 252 Å². The van der Waals surface area contributed by atoms with Gasteiger partial charge in [-0.3, -0.25) is 13.8 Å². The third-order valence-electron chi connectivity index (χ3n) is 7.36. The van der Waals surface area contributed by atoms with Crippen molar-refractivity contribution in [2.75, 3.05) is 19.8 Å². The van der Waals surface area contributed by atoms with Gasteiger partial charge in [-0.1, -0.05) is 142 Å². The molecule has 0 rings (SSSR count). The molecule has 0 heterocycles. The van der Waals surface area contributed by atoms with E-state index in [-0.39, 0.29) is 25.7 Å². The Hall–Kier alpha value is -0.760. The summed E-state index contributed by atoms with van der Waals surface area (Å²) in [5.41, 5.74) is 5.33. The minimum absolute atomic E-state index is 0.0806. The molecule has 0 saturated heterocycles. The smallest absolute Gasteiger partial charge is 0.387 e. The molecule has 1 amide bonds. The van der Waals surface area contributed by atoms with Crippen LogP contribution in [0.1, 0.15) is 155 Å². The lowest BCUT2D eigenvalue weighted by Crippen LogP contribution is -2.45. The first kappa shape index (κ1) is 40.2. The van der Waals surface area contributed by atoms with Crippen molar-refractivity contribution >= 4 is 13.7 Å². The van der Waals surface area contributed by atoms with Crippen LogP contribution < -0.4 is 11.1 Å². The fourth-order valence-electron chi connectivity index (χ4n) is 4.78. The number of nitrogens with two attached hydrogens (primary N) is 1. The van der Waals surface area contributed by atoms with Crippen molar-refractivity contribution in [3.05, 3.63) is 12.2 Å². The van der Waals surface area contributed by atoms with Crippen LogP contribution in [0.4, 0.5) is 0 Å². The molecule has 0 saturated carbocycles. The molecule has 3 atom stereocenters. The van der Waals surface area contributed by atoms with Gasteiger partial charge < -0.3 is 21.1 Å². The van der Waals surface area contributed by atoms with Gasteiger partial charge in [-0.15, -0.1) is 0 Å². The summed E-state index contributed by atoms with van der Waals surface area (Å²) >= 11 is 0. The first-order valence-corrected chi connectivity index (χ1v) is 18.3. The van der Waals surface area contributed by atoms with E-state index in [1.54, 1.807) is 6.08 Å². The predicted octanol–water partition coefficient (Wildman–Crippen LogP) is 8.10. The van der Waals surface area contributed by atoms with Gasteiger partial charge in [0, 0.05) is 13.0 Å². The van der Waals surface area contributed by atoms with Crippen molar-refractivity contribution in [1.82, 2.24) is 5.32 Å². The standard InChI is InChI=1S/C32H65N2O6P/c1-3-5-7-9-11-13-15-16-17-19-21-23-25-31(35)30(29-40-41(37,38)39-28-27-33)34-32(36)26-24-22-20-18-14-12-10-8-6-4-2/h23,25,30-31,35H,3-22,24,26-29,33H2,1-2H3,(H,34,36)(H,37,38)/b25-23+/t30-,31+/m0/s1. The van der Waals surface area contributed by atoms with Gasteiger partial charge in [-0.25, -0.2) is 4.57 Å². The number of aliphatic hydroxyl groups is 1. The number of carbonyl (C=O) groups is 1. The van der Waals surface area contributed by atoms with Crippen LogP contribution in [0.25, 0.3) is 0 Å². The molecule has 0 aromatic rings. The number of hydrogen-bond acceptors (Lipinski definition) is 6. The summed E-state index contributed by atoms with van der Waals surface area (Å²) in [7, 11) is -4.32. The van der Waals surface area contributed by atoms with Crippen LogP contribution in [-0.2, 0) is 18.4 Å². The monoisotopic (exact) mass is 604 g/mol. The zero-order valence-corrected chi connectivity index (χ0v) is 27.4. The largest absolute Gasteiger partial charge is 0.472 e. The summed E-state index contributed by atoms with van der Waals surface area (Å²) in [6.07, 6.45) is 28.2. The maximum absolute atomic E-state index is 12.6. The second kappa shape index (κ2) is 29.3. The summed E-state index contributed by atoms with van der Waals surface area (Å²) in [6.45, 7) is 4.09. The second-order valence-electron chi connectivity index (χ2n) is 11.4. The Bertz CT molecular complexity index is 664. The molecule has 0 aliphatic heterocycles. The average molecular weight is 605 g/mol. The third-order valence-corrected chi connectivity index (χ3v) is 8.35. The number of phosphoric ester groups is 1. The Kier molecular flexibility index (Phi) is 28.8. The number of aliphatic hydroxyl groups excluding tert-OH is 1. The minimum Gasteiger partial charge on any atom is -0.387 e. The zero-order valence-electron chi connectivity index (χ0n) is 26.5. The molecule has 9 heteroatoms. The lowest BCUT2D eigenvalue weighted by molar-refractivity contribution is -0.123. The summed E-state index contributed by atoms with van der Waals surface area (Å²) in [5.74, 6) is -0.198. The molecule has 0 aromatic heterocycles. The minimum atomic E-state index is -4.32. The molecule has 0 aliphatic carbocycles. The topological polar surface area (TPSA) is 131 Å². The van der Waals surface area contributed by atoms with E-state index in [2.05, 4.69) is 19.2 Å². The van der Waals surface area contributed by atoms with Gasteiger partial charge in [0.1, 0.15) is 0 Å². The van der Waals surface area contributed by atoms with E-state index >= 15 is 0 Å². The van der Waals surface area contributed by atoms with Crippen LogP contribution in [-0.4, -0.2) is 47.8 Å². The van der Waals surface area contributed by atoms with Crippen molar-refractivity contribution in [3.63, 3.8) is 0 Å². The van der Waals surface area contributed by atoms with E-state index in [0.29, 0.717) is 6.42 Å². The van der Waals surface area contributed by atoms with E-state index in [9.17, 15) is 19.4 Å². The zero-order chi connectivity index (χ0) is 30.4. The number of phosphoric acid groups is 1. The number of nitrogens with one attached hydrogen (secondary N) is 1. The van der Waals surface area contributed by atoms with Crippen LogP contribution in [0.5, 0.6) is 0 Å². The van der Waals surface area contributed by atoms with Crippen LogP contribution in [0, 0.1) is 0 Å². The van der Waals surface area contributed by atoms with E-state index in [1.165, 1.54) is 96.3 Å². The lowest BCUT2D eigenvalue weighted by Gasteiger charge is -2.23. The summed E-state index contributed by atoms with van der Waals surface area (Å²) in [5, 5.41) is 13.5.